The predicted octanol–water partition coefficient (Wildman–Crippen LogP) is 3.73. The molecule has 0 radical (unpaired) electrons. The van der Waals surface area contributed by atoms with Crippen LogP contribution in [0.2, 0.25) is 0 Å². The van der Waals surface area contributed by atoms with E-state index in [4.69, 9.17) is 0 Å². The van der Waals surface area contributed by atoms with Gasteiger partial charge < -0.3 is 4.98 Å². The number of nitrogens with zero attached hydrogens (tertiary/aromatic N) is 2. The van der Waals surface area contributed by atoms with Gasteiger partial charge in [-0.25, -0.2) is 13.4 Å². The van der Waals surface area contributed by atoms with Gasteiger partial charge in [-0.2, -0.15) is 12.6 Å². The number of rotatable bonds is 5. The van der Waals surface area contributed by atoms with E-state index in [1.165, 1.54) is 6.21 Å². The fraction of sp³-hybridized carbons (Fsp3) is 0.158. The number of aliphatic imine (C=N–C) groups is 1. The number of sulfone groups is 1. The number of aromatic amines is 1. The lowest BCUT2D eigenvalue weighted by Crippen LogP contribution is -2.35. The van der Waals surface area contributed by atoms with Crippen molar-refractivity contribution in [2.24, 2.45) is 4.99 Å². The Hall–Kier alpha value is -2.38. The largest absolute Gasteiger partial charge is 0.348 e. The van der Waals surface area contributed by atoms with Gasteiger partial charge in [0.15, 0.2) is 4.87 Å². The third-order valence-corrected chi connectivity index (χ3v) is 7.34. The number of imidazole rings is 1. The molecule has 0 aliphatic carbocycles. The van der Waals surface area contributed by atoms with Crippen LogP contribution in [0.1, 0.15) is 17.4 Å². The van der Waals surface area contributed by atoms with Crippen molar-refractivity contribution in [1.29, 1.82) is 0 Å². The zero-order valence-corrected chi connectivity index (χ0v) is 15.5. The van der Waals surface area contributed by atoms with Gasteiger partial charge in [-0.15, -0.1) is 0 Å². The first-order chi connectivity index (χ1) is 12.5. The van der Waals surface area contributed by atoms with Crippen molar-refractivity contribution >= 4 is 39.5 Å². The van der Waals surface area contributed by atoms with E-state index in [0.717, 1.165) is 11.1 Å². The normalized spacial score (nSPS) is 20.7. The molecular weight excluding hydrogens is 366 g/mol. The number of hydrogen-bond acceptors (Lipinski definition) is 5. The number of allylic oxidation sites excluding steroid dienone is 1. The average Bonchev–Trinajstić information content (AvgIpc) is 3.34. The minimum atomic E-state index is -3.78. The highest BCUT2D eigenvalue weighted by Crippen LogP contribution is 2.41. The van der Waals surface area contributed by atoms with Crippen LogP contribution in [0.5, 0.6) is 0 Å². The first kappa shape index (κ1) is 17.1. The molecule has 7 heteroatoms. The fourth-order valence-electron chi connectivity index (χ4n) is 3.25. The molecule has 0 spiro atoms. The van der Waals surface area contributed by atoms with Gasteiger partial charge in [-0.05, 0) is 23.6 Å². The van der Waals surface area contributed by atoms with E-state index in [1.54, 1.807) is 36.8 Å². The molecule has 2 aromatic carbocycles. The summed E-state index contributed by atoms with van der Waals surface area (Å²) in [6, 6.07) is 12.8. The van der Waals surface area contributed by atoms with Crippen LogP contribution in [0.4, 0.5) is 0 Å². The SMILES string of the molecule is O=S(=O)(c1cccc2ccccc12)C1(CC(S)c2cnc[nH]2)C=CC=N1. The van der Waals surface area contributed by atoms with Crippen LogP contribution in [0.15, 0.2) is 77.0 Å². The highest BCUT2D eigenvalue weighted by molar-refractivity contribution is 7.93. The zero-order valence-electron chi connectivity index (χ0n) is 13.8. The van der Waals surface area contributed by atoms with Crippen LogP contribution in [-0.4, -0.2) is 29.5 Å². The number of fused-ring (bicyclic) bond motifs is 1. The minimum absolute atomic E-state index is 0.205. The predicted molar refractivity (Wildman–Crippen MR) is 106 cm³/mol. The summed E-state index contributed by atoms with van der Waals surface area (Å²) in [5.74, 6) is 0. The summed E-state index contributed by atoms with van der Waals surface area (Å²) in [5, 5.41) is 1.23. The smallest absolute Gasteiger partial charge is 0.208 e. The standard InChI is InChI=1S/C19H17N3O2S2/c23-26(24,18-8-3-6-14-5-1-2-7-15(14)18)19(9-4-10-22-19)11-17(25)16-12-20-13-21-16/h1-10,12-13,17,25H,11H2,(H,20,21). The van der Waals surface area contributed by atoms with Gasteiger partial charge in [-0.3, -0.25) is 4.99 Å². The van der Waals surface area contributed by atoms with Crippen molar-refractivity contribution in [3.63, 3.8) is 0 Å². The maximum absolute atomic E-state index is 13.7. The number of H-pyrrole nitrogens is 1. The third-order valence-electron chi connectivity index (χ3n) is 4.60. The highest BCUT2D eigenvalue weighted by atomic mass is 32.2. The molecule has 0 saturated carbocycles. The summed E-state index contributed by atoms with van der Waals surface area (Å²) in [7, 11) is -3.78. The molecule has 132 valence electrons. The second-order valence-corrected chi connectivity index (χ2v) is 8.97. The molecule has 26 heavy (non-hydrogen) atoms. The van der Waals surface area contributed by atoms with Crippen molar-refractivity contribution in [1.82, 2.24) is 9.97 Å². The first-order valence-corrected chi connectivity index (χ1v) is 10.2. The quantitative estimate of drug-likeness (QED) is 0.659. The maximum atomic E-state index is 13.7. The summed E-state index contributed by atoms with van der Waals surface area (Å²) in [6.07, 6.45) is 8.27. The second-order valence-electron chi connectivity index (χ2n) is 6.19. The average molecular weight is 383 g/mol. The molecule has 1 aromatic heterocycles. The first-order valence-electron chi connectivity index (χ1n) is 8.15. The van der Waals surface area contributed by atoms with Crippen LogP contribution < -0.4 is 0 Å². The van der Waals surface area contributed by atoms with E-state index >= 15 is 0 Å². The van der Waals surface area contributed by atoms with Crippen molar-refractivity contribution < 1.29 is 8.42 Å². The molecule has 4 rings (SSSR count). The Morgan fingerprint density at radius 1 is 1.15 bits per heavy atom. The van der Waals surface area contributed by atoms with Crippen LogP contribution >= 0.6 is 12.6 Å². The van der Waals surface area contributed by atoms with Crippen LogP contribution in [-0.2, 0) is 9.84 Å². The molecule has 0 fully saturated rings. The number of thiol groups is 1. The van der Waals surface area contributed by atoms with Gasteiger partial charge in [0, 0.05) is 35.2 Å². The van der Waals surface area contributed by atoms with E-state index in [2.05, 4.69) is 27.6 Å². The van der Waals surface area contributed by atoms with E-state index in [0.29, 0.717) is 5.39 Å². The molecule has 1 N–H and O–H groups in total. The molecule has 1 aliphatic rings. The lowest BCUT2D eigenvalue weighted by Gasteiger charge is -2.27. The van der Waals surface area contributed by atoms with Crippen LogP contribution in [0.3, 0.4) is 0 Å². The summed E-state index contributed by atoms with van der Waals surface area (Å²) >= 11 is 4.59. The van der Waals surface area contributed by atoms with E-state index in [-0.39, 0.29) is 16.6 Å². The Balaban J connectivity index is 1.83. The summed E-state index contributed by atoms with van der Waals surface area (Å²) < 4.78 is 27.3. The molecule has 2 unspecified atom stereocenters. The Morgan fingerprint density at radius 2 is 1.96 bits per heavy atom. The van der Waals surface area contributed by atoms with Crippen LogP contribution in [0, 0.1) is 0 Å². The summed E-state index contributed by atoms with van der Waals surface area (Å²) in [5.41, 5.74) is 0.760. The lowest BCUT2D eigenvalue weighted by molar-refractivity contribution is 0.542. The molecule has 2 heterocycles. The van der Waals surface area contributed by atoms with Gasteiger partial charge in [0.05, 0.1) is 11.2 Å². The molecule has 0 saturated heterocycles. The van der Waals surface area contributed by atoms with Crippen molar-refractivity contribution in [2.75, 3.05) is 0 Å². The Morgan fingerprint density at radius 3 is 2.69 bits per heavy atom. The van der Waals surface area contributed by atoms with E-state index in [9.17, 15) is 8.42 Å². The molecule has 2 atom stereocenters. The molecule has 0 bridgehead atoms. The van der Waals surface area contributed by atoms with Crippen molar-refractivity contribution in [3.05, 3.63) is 72.8 Å². The van der Waals surface area contributed by atoms with Crippen molar-refractivity contribution in [2.45, 2.75) is 21.4 Å². The molecule has 1 aliphatic heterocycles. The summed E-state index contributed by atoms with van der Waals surface area (Å²) in [6.45, 7) is 0. The zero-order chi connectivity index (χ0) is 18.2. The number of aromatic nitrogens is 2. The van der Waals surface area contributed by atoms with Gasteiger partial charge in [0.2, 0.25) is 9.84 Å². The molecule has 5 nitrogen and oxygen atoms in total. The van der Waals surface area contributed by atoms with Crippen molar-refractivity contribution in [3.8, 4) is 0 Å². The Kier molecular flexibility index (Phi) is 4.20. The van der Waals surface area contributed by atoms with Gasteiger partial charge in [-0.1, -0.05) is 36.4 Å². The number of benzene rings is 2. The number of nitrogens with one attached hydrogen (secondary N) is 1. The molecule has 0 amide bonds. The van der Waals surface area contributed by atoms with E-state index < -0.39 is 14.7 Å². The van der Waals surface area contributed by atoms with E-state index in [1.807, 2.05) is 30.3 Å². The van der Waals surface area contributed by atoms with Gasteiger partial charge >= 0.3 is 0 Å². The van der Waals surface area contributed by atoms with Gasteiger partial charge in [0.25, 0.3) is 0 Å². The third kappa shape index (κ3) is 2.68. The monoisotopic (exact) mass is 383 g/mol. The second kappa shape index (κ2) is 6.41. The maximum Gasteiger partial charge on any atom is 0.208 e. The number of hydrogen-bond donors (Lipinski definition) is 2. The Labute approximate surface area is 157 Å². The minimum Gasteiger partial charge on any atom is -0.348 e. The molecule has 3 aromatic rings. The summed E-state index contributed by atoms with van der Waals surface area (Å²) in [4.78, 5) is 10.2. The highest BCUT2D eigenvalue weighted by Gasteiger charge is 2.45. The fourth-order valence-corrected chi connectivity index (χ4v) is 5.75. The van der Waals surface area contributed by atoms with Gasteiger partial charge in [0.1, 0.15) is 0 Å². The lowest BCUT2D eigenvalue weighted by atomic mass is 10.1. The van der Waals surface area contributed by atoms with Crippen LogP contribution in [0.25, 0.3) is 10.8 Å². The Bertz CT molecular complexity index is 1090. The molecular formula is C19H17N3O2S2. The topological polar surface area (TPSA) is 75.2 Å².